The maximum absolute atomic E-state index is 5.43. The maximum atomic E-state index is 5.43. The molecule has 0 aliphatic carbocycles. The van der Waals surface area contributed by atoms with Crippen molar-refractivity contribution in [2.45, 2.75) is 0 Å². The molecule has 0 unspecified atom stereocenters. The van der Waals surface area contributed by atoms with Gasteiger partial charge in [0.15, 0.2) is 11.5 Å². The molecule has 0 aromatic heterocycles. The number of benzene rings is 2. The van der Waals surface area contributed by atoms with E-state index in [1.165, 1.54) is 25.0 Å². The highest BCUT2D eigenvalue weighted by molar-refractivity contribution is 5.96. The molecule has 0 heterocycles. The highest BCUT2D eigenvalue weighted by Crippen LogP contribution is 2.41. The Bertz CT molecular complexity index is 669. The summed E-state index contributed by atoms with van der Waals surface area (Å²) in [5.41, 5.74) is 0. The Morgan fingerprint density at radius 1 is 0.545 bits per heavy atom. The zero-order valence-corrected chi connectivity index (χ0v) is 12.1. The third kappa shape index (κ3) is 2.96. The molecule has 0 spiro atoms. The van der Waals surface area contributed by atoms with Gasteiger partial charge in [-0.3, -0.25) is 0 Å². The Hall–Kier alpha value is -3.14. The summed E-state index contributed by atoms with van der Waals surface area (Å²) >= 11 is 0. The summed E-state index contributed by atoms with van der Waals surface area (Å²) < 4.78 is 21.6. The van der Waals surface area contributed by atoms with Crippen molar-refractivity contribution in [1.29, 1.82) is 0 Å². The van der Waals surface area contributed by atoms with E-state index < -0.39 is 0 Å². The van der Waals surface area contributed by atoms with E-state index in [4.69, 9.17) is 18.9 Å². The highest BCUT2D eigenvalue weighted by Gasteiger charge is 2.14. The third-order valence-corrected chi connectivity index (χ3v) is 2.84. The van der Waals surface area contributed by atoms with E-state index in [-0.39, 0.29) is 0 Å². The Balaban J connectivity index is 2.76. The molecule has 0 radical (unpaired) electrons. The van der Waals surface area contributed by atoms with Gasteiger partial charge in [-0.25, -0.2) is 0 Å². The van der Waals surface area contributed by atoms with Crippen LogP contribution in [0.25, 0.3) is 10.8 Å². The molecule has 0 saturated carbocycles. The van der Waals surface area contributed by atoms with E-state index in [9.17, 15) is 0 Å². The van der Waals surface area contributed by atoms with Crippen LogP contribution < -0.4 is 18.9 Å². The van der Waals surface area contributed by atoms with Crippen LogP contribution in [0.5, 0.6) is 23.0 Å². The lowest BCUT2D eigenvalue weighted by molar-refractivity contribution is 0.419. The molecular weight excluding hydrogens is 280 g/mol. The number of fused-ring (bicyclic) bond motifs is 1. The maximum Gasteiger partial charge on any atom is 0.169 e. The number of ether oxygens (including phenoxy) is 4. The predicted octanol–water partition coefficient (Wildman–Crippen LogP) is 4.93. The van der Waals surface area contributed by atoms with Crippen molar-refractivity contribution in [1.82, 2.24) is 0 Å². The van der Waals surface area contributed by atoms with E-state index >= 15 is 0 Å². The fourth-order valence-electron chi connectivity index (χ4n) is 2.05. The molecule has 22 heavy (non-hydrogen) atoms. The minimum absolute atomic E-state index is 0.479. The van der Waals surface area contributed by atoms with Gasteiger partial charge in [-0.05, 0) is 24.3 Å². The molecule has 0 N–H and O–H groups in total. The first-order valence-corrected chi connectivity index (χ1v) is 6.46. The van der Waals surface area contributed by atoms with Crippen LogP contribution in [0.3, 0.4) is 0 Å². The van der Waals surface area contributed by atoms with Crippen LogP contribution in [-0.4, -0.2) is 0 Å². The largest absolute Gasteiger partial charge is 0.465 e. The van der Waals surface area contributed by atoms with Crippen molar-refractivity contribution in [3.05, 3.63) is 75.6 Å². The zero-order chi connectivity index (χ0) is 15.9. The predicted molar refractivity (Wildman–Crippen MR) is 87.2 cm³/mol. The van der Waals surface area contributed by atoms with Crippen LogP contribution in [0, 0.1) is 0 Å². The van der Waals surface area contributed by atoms with E-state index in [1.807, 2.05) is 0 Å². The van der Waals surface area contributed by atoms with Crippen LogP contribution in [0.2, 0.25) is 0 Å². The second kappa shape index (κ2) is 7.04. The summed E-state index contributed by atoms with van der Waals surface area (Å²) in [5.74, 6) is 2.18. The van der Waals surface area contributed by atoms with Crippen LogP contribution in [0.4, 0.5) is 0 Å². The Morgan fingerprint density at radius 3 is 1.18 bits per heavy atom. The van der Waals surface area contributed by atoms with Crippen molar-refractivity contribution < 1.29 is 18.9 Å². The number of rotatable bonds is 8. The quantitative estimate of drug-likeness (QED) is 0.647. The fraction of sp³-hybridized carbons (Fsp3) is 0. The molecule has 112 valence electrons. The van der Waals surface area contributed by atoms with Gasteiger partial charge in [-0.2, -0.15) is 0 Å². The number of hydrogen-bond acceptors (Lipinski definition) is 4. The molecule has 0 aliphatic rings. The van der Waals surface area contributed by atoms with E-state index in [1.54, 1.807) is 24.3 Å². The van der Waals surface area contributed by atoms with Gasteiger partial charge in [-0.15, -0.1) is 0 Å². The topological polar surface area (TPSA) is 36.9 Å². The lowest BCUT2D eigenvalue weighted by atomic mass is 10.1. The van der Waals surface area contributed by atoms with Gasteiger partial charge in [0.05, 0.1) is 25.0 Å². The lowest BCUT2D eigenvalue weighted by Crippen LogP contribution is -1.92. The molecule has 2 aromatic carbocycles. The average Bonchev–Trinajstić information content (AvgIpc) is 2.51. The SMILES string of the molecule is C=COc1cc2c(OC=C)ccc(OC=C)c2cc1OC=C. The van der Waals surface area contributed by atoms with Gasteiger partial charge in [0, 0.05) is 10.8 Å². The zero-order valence-electron chi connectivity index (χ0n) is 12.1. The van der Waals surface area contributed by atoms with Crippen molar-refractivity contribution in [3.8, 4) is 23.0 Å². The molecule has 0 bridgehead atoms. The van der Waals surface area contributed by atoms with E-state index in [0.717, 1.165) is 10.8 Å². The summed E-state index contributed by atoms with van der Waals surface area (Å²) in [4.78, 5) is 0. The average molecular weight is 296 g/mol. The van der Waals surface area contributed by atoms with Crippen LogP contribution in [0.15, 0.2) is 75.6 Å². The Labute approximate surface area is 129 Å². The molecule has 0 amide bonds. The molecular formula is C18H16O4. The van der Waals surface area contributed by atoms with Crippen molar-refractivity contribution >= 4 is 10.8 Å². The summed E-state index contributed by atoms with van der Waals surface area (Å²) in [6.45, 7) is 14.3. The smallest absolute Gasteiger partial charge is 0.169 e. The normalized spacial score (nSPS) is 9.64. The van der Waals surface area contributed by atoms with Crippen molar-refractivity contribution in [2.24, 2.45) is 0 Å². The minimum Gasteiger partial charge on any atom is -0.465 e. The van der Waals surface area contributed by atoms with Gasteiger partial charge in [0.1, 0.15) is 11.5 Å². The van der Waals surface area contributed by atoms with Crippen LogP contribution >= 0.6 is 0 Å². The summed E-state index contributed by atoms with van der Waals surface area (Å²) in [6.07, 6.45) is 5.33. The van der Waals surface area contributed by atoms with Gasteiger partial charge in [0.25, 0.3) is 0 Å². The molecule has 0 aliphatic heterocycles. The Kier molecular flexibility index (Phi) is 4.88. The van der Waals surface area contributed by atoms with Crippen LogP contribution in [0.1, 0.15) is 0 Å². The van der Waals surface area contributed by atoms with Gasteiger partial charge < -0.3 is 18.9 Å². The van der Waals surface area contributed by atoms with Crippen molar-refractivity contribution in [2.75, 3.05) is 0 Å². The summed E-state index contributed by atoms with van der Waals surface area (Å²) in [5, 5.41) is 1.54. The summed E-state index contributed by atoms with van der Waals surface area (Å²) in [6, 6.07) is 7.08. The molecule has 4 heteroatoms. The molecule has 0 saturated heterocycles. The van der Waals surface area contributed by atoms with Gasteiger partial charge in [-0.1, -0.05) is 26.3 Å². The van der Waals surface area contributed by atoms with Crippen molar-refractivity contribution in [3.63, 3.8) is 0 Å². The molecule has 2 rings (SSSR count). The third-order valence-electron chi connectivity index (χ3n) is 2.84. The monoisotopic (exact) mass is 296 g/mol. The first kappa shape index (κ1) is 15.3. The van der Waals surface area contributed by atoms with E-state index in [2.05, 4.69) is 26.3 Å². The molecule has 2 aromatic rings. The molecule has 4 nitrogen and oxygen atoms in total. The first-order chi connectivity index (χ1) is 10.7. The minimum atomic E-state index is 0.479. The standard InChI is InChI=1S/C18H16O4/c1-5-19-15-9-10-16(20-6-2)14-12-18(22-8-4)17(21-7-3)11-13(14)15/h5-12H,1-4H2. The molecule has 0 fully saturated rings. The first-order valence-electron chi connectivity index (χ1n) is 6.46. The molecule has 0 atom stereocenters. The fourth-order valence-corrected chi connectivity index (χ4v) is 2.05. The second-order valence-corrected chi connectivity index (χ2v) is 4.04. The van der Waals surface area contributed by atoms with E-state index in [0.29, 0.717) is 23.0 Å². The summed E-state index contributed by atoms with van der Waals surface area (Å²) in [7, 11) is 0. The van der Waals surface area contributed by atoms with Crippen LogP contribution in [-0.2, 0) is 0 Å². The lowest BCUT2D eigenvalue weighted by Gasteiger charge is -2.14. The number of hydrogen-bond donors (Lipinski definition) is 0. The second-order valence-electron chi connectivity index (χ2n) is 4.04. The van der Waals surface area contributed by atoms with Gasteiger partial charge >= 0.3 is 0 Å². The van der Waals surface area contributed by atoms with Gasteiger partial charge in [0.2, 0.25) is 0 Å². The highest BCUT2D eigenvalue weighted by atomic mass is 16.5. The Morgan fingerprint density at radius 2 is 0.864 bits per heavy atom.